The first-order chi connectivity index (χ1) is 10.8. The summed E-state index contributed by atoms with van der Waals surface area (Å²) in [6.45, 7) is 5.06. The van der Waals surface area contributed by atoms with Gasteiger partial charge in [0.1, 0.15) is 5.25 Å². The minimum atomic E-state index is -3.47. The van der Waals surface area contributed by atoms with Crippen LogP contribution in [-0.2, 0) is 14.6 Å². The number of aliphatic hydroxyl groups excluding tert-OH is 1. The molecule has 0 aromatic carbocycles. The number of hydrogen-bond acceptors (Lipinski definition) is 5. The largest absolute Gasteiger partial charge is 0.391 e. The number of nitrogens with one attached hydrogen (secondary N) is 2. The van der Waals surface area contributed by atoms with Gasteiger partial charge in [-0.1, -0.05) is 33.1 Å². The Balaban J connectivity index is 2.02. The summed E-state index contributed by atoms with van der Waals surface area (Å²) < 4.78 is 25.8. The van der Waals surface area contributed by atoms with Crippen molar-refractivity contribution in [3.63, 3.8) is 0 Å². The Morgan fingerprint density at radius 1 is 1.22 bits per heavy atom. The van der Waals surface area contributed by atoms with Gasteiger partial charge in [0.2, 0.25) is 5.91 Å². The lowest BCUT2D eigenvalue weighted by atomic mass is 10.0. The molecule has 3 N–H and O–H groups in total. The van der Waals surface area contributed by atoms with E-state index in [0.717, 1.165) is 19.3 Å². The molecule has 3 atom stereocenters. The van der Waals surface area contributed by atoms with Crippen LogP contribution in [0.3, 0.4) is 0 Å². The molecule has 1 amide bonds. The summed E-state index contributed by atoms with van der Waals surface area (Å²) in [5.41, 5.74) is 0. The Morgan fingerprint density at radius 3 is 2.39 bits per heavy atom. The first-order valence-corrected chi connectivity index (χ1v) is 10.3. The molecule has 1 aliphatic heterocycles. The fraction of sp³-hybridized carbons (Fsp3) is 0.938. The second kappa shape index (κ2) is 7.94. The zero-order valence-electron chi connectivity index (χ0n) is 14.1. The van der Waals surface area contributed by atoms with Crippen LogP contribution in [0.1, 0.15) is 46.0 Å². The number of sulfone groups is 1. The van der Waals surface area contributed by atoms with Crippen molar-refractivity contribution in [1.29, 1.82) is 0 Å². The summed E-state index contributed by atoms with van der Waals surface area (Å²) in [6, 6.07) is 0. The molecule has 1 saturated carbocycles. The Kier molecular flexibility index (Phi) is 6.45. The minimum absolute atomic E-state index is 0.0517. The number of β-amino-alcohol motifs (C(OH)–C–C–N with tert-alkyl or cyclic N) is 1. The first kappa shape index (κ1) is 18.7. The van der Waals surface area contributed by atoms with Gasteiger partial charge in [0.05, 0.1) is 11.4 Å². The molecule has 0 aromatic rings. The van der Waals surface area contributed by atoms with Crippen molar-refractivity contribution < 1.29 is 18.3 Å². The molecule has 6 nitrogen and oxygen atoms in total. The van der Waals surface area contributed by atoms with Crippen molar-refractivity contribution in [3.05, 3.63) is 0 Å². The van der Waals surface area contributed by atoms with E-state index in [0.29, 0.717) is 32.5 Å². The van der Waals surface area contributed by atoms with Gasteiger partial charge in [-0.15, -0.1) is 0 Å². The maximum Gasteiger partial charge on any atom is 0.238 e. The molecule has 3 unspecified atom stereocenters. The third-order valence-electron chi connectivity index (χ3n) is 5.08. The number of carbonyl (C=O) groups is 1. The molecule has 2 fully saturated rings. The highest BCUT2D eigenvalue weighted by atomic mass is 32.2. The average molecular weight is 346 g/mol. The van der Waals surface area contributed by atoms with Crippen LogP contribution in [0.25, 0.3) is 0 Å². The first-order valence-electron chi connectivity index (χ1n) is 8.73. The summed E-state index contributed by atoms with van der Waals surface area (Å²) in [5, 5.41) is 14.2. The van der Waals surface area contributed by atoms with Crippen molar-refractivity contribution in [2.24, 2.45) is 11.8 Å². The number of rotatable bonds is 6. The molecule has 1 heterocycles. The van der Waals surface area contributed by atoms with E-state index in [1.165, 1.54) is 0 Å². The topological polar surface area (TPSA) is 95.5 Å². The fourth-order valence-corrected chi connectivity index (χ4v) is 6.24. The van der Waals surface area contributed by atoms with Crippen molar-refractivity contribution in [3.8, 4) is 0 Å². The van der Waals surface area contributed by atoms with Crippen molar-refractivity contribution in [2.45, 2.75) is 62.6 Å². The molecule has 2 rings (SSSR count). The van der Waals surface area contributed by atoms with E-state index >= 15 is 0 Å². The molecule has 0 bridgehead atoms. The molecule has 23 heavy (non-hydrogen) atoms. The van der Waals surface area contributed by atoms with Gasteiger partial charge in [-0.05, 0) is 18.8 Å². The van der Waals surface area contributed by atoms with E-state index in [2.05, 4.69) is 10.6 Å². The predicted octanol–water partition coefficient (Wildman–Crippen LogP) is 0.455. The van der Waals surface area contributed by atoms with Gasteiger partial charge < -0.3 is 15.7 Å². The van der Waals surface area contributed by atoms with Crippen molar-refractivity contribution in [1.82, 2.24) is 10.6 Å². The van der Waals surface area contributed by atoms with E-state index in [9.17, 15) is 18.3 Å². The second-order valence-electron chi connectivity index (χ2n) is 7.24. The number of amides is 1. The van der Waals surface area contributed by atoms with Crippen LogP contribution in [0.2, 0.25) is 0 Å². The van der Waals surface area contributed by atoms with Crippen LogP contribution >= 0.6 is 0 Å². The van der Waals surface area contributed by atoms with Crippen LogP contribution in [-0.4, -0.2) is 55.7 Å². The molecule has 2 aliphatic rings. The van der Waals surface area contributed by atoms with E-state index < -0.39 is 27.1 Å². The zero-order valence-corrected chi connectivity index (χ0v) is 14.9. The third-order valence-corrected chi connectivity index (χ3v) is 7.94. The standard InChI is InChI=1S/C16H30N2O4S/c1-11(2)15(23(21,22)13-6-4-3-5-7-13)16(20)18-9-12-8-17-10-14(12)19/h11-15,17,19H,3-10H2,1-2H3,(H,18,20). The van der Waals surface area contributed by atoms with Crippen molar-refractivity contribution >= 4 is 15.7 Å². The quantitative estimate of drug-likeness (QED) is 0.649. The molecule has 1 saturated heterocycles. The molecule has 0 aromatic heterocycles. The molecular weight excluding hydrogens is 316 g/mol. The highest BCUT2D eigenvalue weighted by molar-refractivity contribution is 7.93. The van der Waals surface area contributed by atoms with Gasteiger partial charge >= 0.3 is 0 Å². The molecule has 0 radical (unpaired) electrons. The second-order valence-corrected chi connectivity index (χ2v) is 9.60. The molecular formula is C16H30N2O4S. The lowest BCUT2D eigenvalue weighted by Crippen LogP contribution is -2.48. The summed E-state index contributed by atoms with van der Waals surface area (Å²) in [5.74, 6) is -0.720. The van der Waals surface area contributed by atoms with E-state index in [1.807, 2.05) is 0 Å². The van der Waals surface area contributed by atoms with E-state index in [1.54, 1.807) is 13.8 Å². The Hall–Kier alpha value is -0.660. The van der Waals surface area contributed by atoms with Crippen LogP contribution in [0, 0.1) is 11.8 Å². The average Bonchev–Trinajstić information content (AvgIpc) is 2.91. The van der Waals surface area contributed by atoms with Gasteiger partial charge in [0.25, 0.3) is 0 Å². The number of aliphatic hydroxyl groups is 1. The number of hydrogen-bond donors (Lipinski definition) is 3. The summed E-state index contributed by atoms with van der Waals surface area (Å²) >= 11 is 0. The van der Waals surface area contributed by atoms with Gasteiger partial charge in [0.15, 0.2) is 9.84 Å². The number of carbonyl (C=O) groups excluding carboxylic acids is 1. The smallest absolute Gasteiger partial charge is 0.238 e. The maximum absolute atomic E-state index is 12.9. The fourth-order valence-electron chi connectivity index (χ4n) is 3.69. The zero-order chi connectivity index (χ0) is 17.0. The minimum Gasteiger partial charge on any atom is -0.391 e. The van der Waals surface area contributed by atoms with Crippen molar-refractivity contribution in [2.75, 3.05) is 19.6 Å². The summed E-state index contributed by atoms with van der Waals surface area (Å²) in [6.07, 6.45) is 3.79. The normalized spacial score (nSPS) is 28.0. The van der Waals surface area contributed by atoms with Crippen LogP contribution < -0.4 is 10.6 Å². The Morgan fingerprint density at radius 2 is 1.87 bits per heavy atom. The predicted molar refractivity (Wildman–Crippen MR) is 89.8 cm³/mol. The van der Waals surface area contributed by atoms with Gasteiger partial charge in [-0.3, -0.25) is 4.79 Å². The van der Waals surface area contributed by atoms with Crippen LogP contribution in [0.4, 0.5) is 0 Å². The molecule has 0 spiro atoms. The third kappa shape index (κ3) is 4.45. The van der Waals surface area contributed by atoms with Crippen LogP contribution in [0.5, 0.6) is 0 Å². The van der Waals surface area contributed by atoms with E-state index in [4.69, 9.17) is 0 Å². The van der Waals surface area contributed by atoms with Gasteiger partial charge in [-0.25, -0.2) is 8.42 Å². The monoisotopic (exact) mass is 346 g/mol. The molecule has 1 aliphatic carbocycles. The summed E-state index contributed by atoms with van der Waals surface area (Å²) in [4.78, 5) is 12.5. The molecule has 7 heteroatoms. The SMILES string of the molecule is CC(C)C(C(=O)NCC1CNCC1O)S(=O)(=O)C1CCCCC1. The van der Waals surface area contributed by atoms with Crippen LogP contribution in [0.15, 0.2) is 0 Å². The van der Waals surface area contributed by atoms with Gasteiger partial charge in [-0.2, -0.15) is 0 Å². The maximum atomic E-state index is 12.9. The van der Waals surface area contributed by atoms with Gasteiger partial charge in [0, 0.05) is 25.6 Å². The molecule has 134 valence electrons. The summed E-state index contributed by atoms with van der Waals surface area (Å²) in [7, 11) is -3.47. The lowest BCUT2D eigenvalue weighted by molar-refractivity contribution is -0.121. The Bertz CT molecular complexity index is 500. The highest BCUT2D eigenvalue weighted by Gasteiger charge is 2.41. The lowest BCUT2D eigenvalue weighted by Gasteiger charge is -2.29. The van der Waals surface area contributed by atoms with E-state index in [-0.39, 0.29) is 17.1 Å². The highest BCUT2D eigenvalue weighted by Crippen LogP contribution is 2.29. The Labute approximate surface area is 139 Å².